The molecule has 6 heteroatoms. The summed E-state index contributed by atoms with van der Waals surface area (Å²) >= 11 is 0. The van der Waals surface area contributed by atoms with Crippen molar-refractivity contribution in [2.75, 3.05) is 32.8 Å². The molecule has 1 fully saturated rings. The lowest BCUT2D eigenvalue weighted by atomic mass is 9.94. The zero-order valence-electron chi connectivity index (χ0n) is 20.0. The maximum atomic E-state index is 13.2. The molecule has 1 aliphatic heterocycles. The number of aryl methyl sites for hydroxylation is 1. The van der Waals surface area contributed by atoms with Gasteiger partial charge in [-0.2, -0.15) is 0 Å². The molecule has 0 aliphatic carbocycles. The number of hydrogen-bond donors (Lipinski definition) is 1. The molecular formula is C27H34N2O4. The number of hydrogen-bond acceptors (Lipinski definition) is 5. The molecule has 1 heterocycles. The minimum atomic E-state index is -0.654. The summed E-state index contributed by atoms with van der Waals surface area (Å²) < 4.78 is 5.55. The fraction of sp³-hybridized carbons (Fsp3) is 0.407. The van der Waals surface area contributed by atoms with Gasteiger partial charge in [0.1, 0.15) is 11.5 Å². The number of ketones is 1. The Morgan fingerprint density at radius 1 is 1.03 bits per heavy atom. The van der Waals surface area contributed by atoms with Crippen LogP contribution in [0.3, 0.4) is 0 Å². The van der Waals surface area contributed by atoms with Crippen molar-refractivity contribution in [1.29, 1.82) is 0 Å². The molecule has 1 N–H and O–H groups in total. The van der Waals surface area contributed by atoms with Gasteiger partial charge in [-0.1, -0.05) is 57.2 Å². The summed E-state index contributed by atoms with van der Waals surface area (Å²) in [6, 6.07) is 14.3. The van der Waals surface area contributed by atoms with Crippen molar-refractivity contribution >= 4 is 17.4 Å². The standard InChI is InChI=1S/C27H34N2O4/c1-5-19-12-14-20(15-13-19)24-23(25(30)21-10-9-11-22(18-21)33-8-4)26(31)27(32)29(24)17-16-28(6-2)7-3/h9-15,18,24,30H,5-8,16-17H2,1-4H3. The number of carbonyl (C=O) groups is 2. The monoisotopic (exact) mass is 450 g/mol. The first-order valence-electron chi connectivity index (χ1n) is 11.8. The van der Waals surface area contributed by atoms with Gasteiger partial charge in [-0.3, -0.25) is 9.59 Å². The summed E-state index contributed by atoms with van der Waals surface area (Å²) in [6.45, 7) is 11.4. The van der Waals surface area contributed by atoms with E-state index in [-0.39, 0.29) is 11.3 Å². The number of benzene rings is 2. The minimum absolute atomic E-state index is 0.123. The zero-order chi connectivity index (χ0) is 24.0. The van der Waals surface area contributed by atoms with Crippen LogP contribution in [0.25, 0.3) is 5.76 Å². The van der Waals surface area contributed by atoms with Gasteiger partial charge in [0.15, 0.2) is 0 Å². The fourth-order valence-corrected chi connectivity index (χ4v) is 4.24. The Labute approximate surface area is 196 Å². The zero-order valence-corrected chi connectivity index (χ0v) is 20.0. The van der Waals surface area contributed by atoms with Gasteiger partial charge in [-0.25, -0.2) is 0 Å². The van der Waals surface area contributed by atoms with Crippen LogP contribution in [0.1, 0.15) is 50.4 Å². The van der Waals surface area contributed by atoms with E-state index in [1.165, 1.54) is 5.56 Å². The molecule has 0 bridgehead atoms. The Kier molecular flexibility index (Phi) is 8.28. The van der Waals surface area contributed by atoms with Crippen LogP contribution in [0, 0.1) is 0 Å². The molecule has 3 rings (SSSR count). The fourth-order valence-electron chi connectivity index (χ4n) is 4.24. The molecule has 2 aromatic carbocycles. The molecule has 6 nitrogen and oxygen atoms in total. The van der Waals surface area contributed by atoms with Gasteiger partial charge in [0.2, 0.25) is 0 Å². The van der Waals surface area contributed by atoms with Gasteiger partial charge < -0.3 is 19.6 Å². The van der Waals surface area contributed by atoms with E-state index in [1.807, 2.05) is 31.2 Å². The second kappa shape index (κ2) is 11.1. The van der Waals surface area contributed by atoms with Crippen LogP contribution in [0.5, 0.6) is 5.75 Å². The van der Waals surface area contributed by atoms with Crippen LogP contribution >= 0.6 is 0 Å². The predicted molar refractivity (Wildman–Crippen MR) is 130 cm³/mol. The highest BCUT2D eigenvalue weighted by atomic mass is 16.5. The van der Waals surface area contributed by atoms with Crippen LogP contribution in [0.15, 0.2) is 54.1 Å². The van der Waals surface area contributed by atoms with Crippen LogP contribution in [-0.4, -0.2) is 59.4 Å². The molecule has 176 valence electrons. The summed E-state index contributed by atoms with van der Waals surface area (Å²) in [5, 5.41) is 11.2. The number of likely N-dealkylation sites (N-methyl/N-ethyl adjacent to an activating group) is 1. The summed E-state index contributed by atoms with van der Waals surface area (Å²) in [5.41, 5.74) is 2.56. The molecule has 1 unspecified atom stereocenters. The molecule has 1 aliphatic rings. The smallest absolute Gasteiger partial charge is 0.295 e. The van der Waals surface area contributed by atoms with Crippen LogP contribution in [0.2, 0.25) is 0 Å². The predicted octanol–water partition coefficient (Wildman–Crippen LogP) is 4.41. The molecule has 0 saturated carbocycles. The molecule has 1 amide bonds. The number of amides is 1. The molecule has 1 saturated heterocycles. The van der Waals surface area contributed by atoms with E-state index >= 15 is 0 Å². The third kappa shape index (κ3) is 5.28. The first-order valence-corrected chi connectivity index (χ1v) is 11.8. The lowest BCUT2D eigenvalue weighted by Gasteiger charge is -2.28. The number of aliphatic hydroxyl groups excluding tert-OH is 1. The molecule has 0 aromatic heterocycles. The highest BCUT2D eigenvalue weighted by Gasteiger charge is 2.45. The Hall–Kier alpha value is -3.12. The van der Waals surface area contributed by atoms with E-state index in [9.17, 15) is 14.7 Å². The Bertz CT molecular complexity index is 1010. The lowest BCUT2D eigenvalue weighted by molar-refractivity contribution is -0.140. The van der Waals surface area contributed by atoms with Crippen molar-refractivity contribution in [3.63, 3.8) is 0 Å². The van der Waals surface area contributed by atoms with E-state index in [4.69, 9.17) is 4.74 Å². The average Bonchev–Trinajstić information content (AvgIpc) is 3.09. The van der Waals surface area contributed by atoms with Crippen LogP contribution < -0.4 is 4.74 Å². The number of carbonyl (C=O) groups excluding carboxylic acids is 2. The SMILES string of the molecule is CCOc1cccc(C(O)=C2C(=O)C(=O)N(CCN(CC)CC)C2c2ccc(CC)cc2)c1. The van der Waals surface area contributed by atoms with Gasteiger partial charge in [-0.05, 0) is 49.7 Å². The third-order valence-corrected chi connectivity index (χ3v) is 6.21. The van der Waals surface area contributed by atoms with Crippen LogP contribution in [0.4, 0.5) is 0 Å². The van der Waals surface area contributed by atoms with Crippen molar-refractivity contribution in [2.45, 2.75) is 40.2 Å². The highest BCUT2D eigenvalue weighted by molar-refractivity contribution is 6.46. The van der Waals surface area contributed by atoms with Gasteiger partial charge in [-0.15, -0.1) is 0 Å². The van der Waals surface area contributed by atoms with Gasteiger partial charge in [0, 0.05) is 18.7 Å². The van der Waals surface area contributed by atoms with Crippen molar-refractivity contribution < 1.29 is 19.4 Å². The summed E-state index contributed by atoms with van der Waals surface area (Å²) in [5.74, 6) is -0.807. The summed E-state index contributed by atoms with van der Waals surface area (Å²) in [7, 11) is 0. The quantitative estimate of drug-likeness (QED) is 0.330. The van der Waals surface area contributed by atoms with Crippen LogP contribution in [-0.2, 0) is 16.0 Å². The number of rotatable bonds is 10. The number of aliphatic hydroxyl groups is 1. The van der Waals surface area contributed by atoms with E-state index in [1.54, 1.807) is 29.2 Å². The number of Topliss-reactive ketones (excluding diaryl/α,β-unsaturated/α-hetero) is 1. The second-order valence-corrected chi connectivity index (χ2v) is 8.08. The van der Waals surface area contributed by atoms with Gasteiger partial charge in [0.05, 0.1) is 18.2 Å². The van der Waals surface area contributed by atoms with Crippen molar-refractivity contribution in [1.82, 2.24) is 9.80 Å². The number of likely N-dealkylation sites (tertiary alicyclic amines) is 1. The maximum Gasteiger partial charge on any atom is 0.295 e. The number of ether oxygens (including phenoxy) is 1. The molecule has 0 radical (unpaired) electrons. The molecule has 33 heavy (non-hydrogen) atoms. The van der Waals surface area contributed by atoms with Crippen molar-refractivity contribution in [3.05, 3.63) is 70.8 Å². The first kappa shape index (κ1) is 24.5. The highest BCUT2D eigenvalue weighted by Crippen LogP contribution is 2.39. The summed E-state index contributed by atoms with van der Waals surface area (Å²) in [4.78, 5) is 30.1. The van der Waals surface area contributed by atoms with Crippen molar-refractivity contribution in [2.24, 2.45) is 0 Å². The summed E-state index contributed by atoms with van der Waals surface area (Å²) in [6.07, 6.45) is 0.895. The van der Waals surface area contributed by atoms with E-state index < -0.39 is 17.7 Å². The third-order valence-electron chi connectivity index (χ3n) is 6.21. The van der Waals surface area contributed by atoms with E-state index in [0.717, 1.165) is 25.1 Å². The second-order valence-electron chi connectivity index (χ2n) is 8.08. The Morgan fingerprint density at radius 2 is 1.73 bits per heavy atom. The minimum Gasteiger partial charge on any atom is -0.507 e. The average molecular weight is 451 g/mol. The number of nitrogens with zero attached hydrogens (tertiary/aromatic N) is 2. The van der Waals surface area contributed by atoms with Gasteiger partial charge in [0.25, 0.3) is 11.7 Å². The molecule has 0 spiro atoms. The molecule has 1 atom stereocenters. The normalized spacial score (nSPS) is 17.7. The first-order chi connectivity index (χ1) is 15.9. The molecular weight excluding hydrogens is 416 g/mol. The van der Waals surface area contributed by atoms with Gasteiger partial charge >= 0.3 is 0 Å². The van der Waals surface area contributed by atoms with E-state index in [2.05, 4.69) is 25.7 Å². The molecule has 2 aromatic rings. The van der Waals surface area contributed by atoms with Crippen molar-refractivity contribution in [3.8, 4) is 5.75 Å². The largest absolute Gasteiger partial charge is 0.507 e. The topological polar surface area (TPSA) is 70.1 Å². The maximum absolute atomic E-state index is 13.2. The lowest BCUT2D eigenvalue weighted by Crippen LogP contribution is -2.38. The van der Waals surface area contributed by atoms with E-state index in [0.29, 0.717) is 31.0 Å². The Morgan fingerprint density at radius 3 is 2.33 bits per heavy atom. The Balaban J connectivity index is 2.09.